The summed E-state index contributed by atoms with van der Waals surface area (Å²) < 4.78 is 0. The van der Waals surface area contributed by atoms with Gasteiger partial charge < -0.3 is 0 Å². The topological polar surface area (TPSA) is 0 Å². The molecule has 0 heterocycles. The van der Waals surface area contributed by atoms with Crippen LogP contribution in [0.4, 0.5) is 0 Å². The molecule has 2 atom stereocenters. The Kier molecular flexibility index (Phi) is 5.28. The predicted octanol–water partition coefficient (Wildman–Crippen LogP) is 6.05. The maximum absolute atomic E-state index is 6.61. The molecule has 0 fully saturated rings. The number of halogens is 1. The summed E-state index contributed by atoms with van der Waals surface area (Å²) in [5, 5.41) is 0.141. The Hall–Kier alpha value is -0.490. The molecule has 1 rings (SSSR count). The molecule has 0 saturated carbocycles. The van der Waals surface area contributed by atoms with E-state index in [4.69, 9.17) is 11.6 Å². The molecule has 0 bridgehead atoms. The van der Waals surface area contributed by atoms with E-state index in [9.17, 15) is 0 Å². The zero-order valence-electron chi connectivity index (χ0n) is 12.7. The number of rotatable bonds is 4. The highest BCUT2D eigenvalue weighted by atomic mass is 35.5. The van der Waals surface area contributed by atoms with Crippen LogP contribution in [0, 0.1) is 25.2 Å². The second-order valence-electron chi connectivity index (χ2n) is 6.93. The summed E-state index contributed by atoms with van der Waals surface area (Å²) in [4.78, 5) is 0. The number of aryl methyl sites for hydroxylation is 2. The molecule has 0 aliphatic carbocycles. The summed E-state index contributed by atoms with van der Waals surface area (Å²) in [6.45, 7) is 13.5. The van der Waals surface area contributed by atoms with Crippen LogP contribution in [0.1, 0.15) is 62.6 Å². The Labute approximate surface area is 118 Å². The Bertz CT molecular complexity index is 387. The lowest BCUT2D eigenvalue weighted by Crippen LogP contribution is -2.12. The molecule has 102 valence electrons. The van der Waals surface area contributed by atoms with E-state index in [1.807, 2.05) is 0 Å². The molecule has 0 aliphatic heterocycles. The molecule has 0 saturated heterocycles. The van der Waals surface area contributed by atoms with Gasteiger partial charge in [-0.2, -0.15) is 0 Å². The molecule has 0 radical (unpaired) electrons. The molecule has 2 unspecified atom stereocenters. The van der Waals surface area contributed by atoms with Crippen molar-refractivity contribution >= 4 is 11.6 Å². The van der Waals surface area contributed by atoms with E-state index in [1.54, 1.807) is 0 Å². The normalized spacial score (nSPS) is 15.5. The predicted molar refractivity (Wildman–Crippen MR) is 82.4 cm³/mol. The van der Waals surface area contributed by atoms with Gasteiger partial charge in [-0.1, -0.05) is 51.5 Å². The molecule has 0 N–H and O–H groups in total. The highest BCUT2D eigenvalue weighted by Crippen LogP contribution is 2.35. The van der Waals surface area contributed by atoms with Gasteiger partial charge in [-0.3, -0.25) is 0 Å². The van der Waals surface area contributed by atoms with Crippen molar-refractivity contribution in [2.75, 3.05) is 0 Å². The van der Waals surface area contributed by atoms with E-state index >= 15 is 0 Å². The van der Waals surface area contributed by atoms with E-state index in [2.05, 4.69) is 59.7 Å². The maximum Gasteiger partial charge on any atom is 0.0590 e. The first-order valence-electron chi connectivity index (χ1n) is 6.90. The first-order valence-corrected chi connectivity index (χ1v) is 7.34. The van der Waals surface area contributed by atoms with Crippen molar-refractivity contribution in [1.82, 2.24) is 0 Å². The van der Waals surface area contributed by atoms with Crippen molar-refractivity contribution in [1.29, 1.82) is 0 Å². The van der Waals surface area contributed by atoms with Crippen molar-refractivity contribution < 1.29 is 0 Å². The fraction of sp³-hybridized carbons (Fsp3) is 0.647. The lowest BCUT2D eigenvalue weighted by atomic mass is 9.83. The number of benzene rings is 1. The standard InChI is InChI=1S/C17H27Cl/c1-12-7-8-14(3)15(9-12)16(18)10-13(2)11-17(4,5)6/h7-9,13,16H,10-11H2,1-6H3. The third-order valence-electron chi connectivity index (χ3n) is 3.34. The van der Waals surface area contributed by atoms with Gasteiger partial charge in [0.05, 0.1) is 5.38 Å². The molecule has 1 heteroatoms. The highest BCUT2D eigenvalue weighted by molar-refractivity contribution is 6.20. The molecule has 0 spiro atoms. The van der Waals surface area contributed by atoms with Gasteiger partial charge in [0.25, 0.3) is 0 Å². The molecule has 1 aromatic rings. The van der Waals surface area contributed by atoms with Crippen LogP contribution in [0.2, 0.25) is 0 Å². The van der Waals surface area contributed by atoms with Gasteiger partial charge in [-0.15, -0.1) is 11.6 Å². The van der Waals surface area contributed by atoms with Gasteiger partial charge in [0, 0.05) is 0 Å². The quantitative estimate of drug-likeness (QED) is 0.582. The van der Waals surface area contributed by atoms with Crippen molar-refractivity contribution in [2.24, 2.45) is 11.3 Å². The number of hydrogen-bond acceptors (Lipinski definition) is 0. The van der Waals surface area contributed by atoms with Crippen LogP contribution < -0.4 is 0 Å². The van der Waals surface area contributed by atoms with Gasteiger partial charge in [0.15, 0.2) is 0 Å². The van der Waals surface area contributed by atoms with Crippen LogP contribution in [0.3, 0.4) is 0 Å². The highest BCUT2D eigenvalue weighted by Gasteiger charge is 2.19. The third kappa shape index (κ3) is 5.02. The lowest BCUT2D eigenvalue weighted by molar-refractivity contribution is 0.295. The van der Waals surface area contributed by atoms with Crippen LogP contribution in [0.15, 0.2) is 18.2 Å². The van der Waals surface area contributed by atoms with Crippen molar-refractivity contribution in [2.45, 2.75) is 59.8 Å². The monoisotopic (exact) mass is 266 g/mol. The second kappa shape index (κ2) is 6.10. The molecule has 0 aromatic heterocycles. The van der Waals surface area contributed by atoms with Crippen molar-refractivity contribution in [3.8, 4) is 0 Å². The summed E-state index contributed by atoms with van der Waals surface area (Å²) >= 11 is 6.61. The molecule has 0 nitrogen and oxygen atoms in total. The minimum atomic E-state index is 0.141. The summed E-state index contributed by atoms with van der Waals surface area (Å²) in [6, 6.07) is 6.56. The Morgan fingerprint density at radius 3 is 2.33 bits per heavy atom. The Morgan fingerprint density at radius 2 is 1.78 bits per heavy atom. The maximum atomic E-state index is 6.61. The molecular formula is C17H27Cl. The SMILES string of the molecule is Cc1ccc(C)c(C(Cl)CC(C)CC(C)(C)C)c1. The molecule has 0 aliphatic rings. The molecular weight excluding hydrogens is 240 g/mol. The van der Waals surface area contributed by atoms with Crippen molar-refractivity contribution in [3.63, 3.8) is 0 Å². The second-order valence-corrected chi connectivity index (χ2v) is 7.46. The van der Waals surface area contributed by atoms with E-state index in [-0.39, 0.29) is 5.38 Å². The van der Waals surface area contributed by atoms with Gasteiger partial charge in [0.2, 0.25) is 0 Å². The van der Waals surface area contributed by atoms with E-state index in [0.29, 0.717) is 11.3 Å². The molecule has 18 heavy (non-hydrogen) atoms. The summed E-state index contributed by atoms with van der Waals surface area (Å²) in [6.07, 6.45) is 2.28. The first kappa shape index (κ1) is 15.6. The minimum Gasteiger partial charge on any atom is -0.118 e. The van der Waals surface area contributed by atoms with E-state index in [1.165, 1.54) is 23.1 Å². The van der Waals surface area contributed by atoms with E-state index in [0.717, 1.165) is 6.42 Å². The van der Waals surface area contributed by atoms with Gasteiger partial charge in [-0.05, 0) is 49.1 Å². The average Bonchev–Trinajstić information content (AvgIpc) is 2.18. The summed E-state index contributed by atoms with van der Waals surface area (Å²) in [5.41, 5.74) is 4.29. The fourth-order valence-electron chi connectivity index (χ4n) is 2.71. The number of hydrogen-bond donors (Lipinski definition) is 0. The van der Waals surface area contributed by atoms with Crippen LogP contribution in [0.5, 0.6) is 0 Å². The third-order valence-corrected chi connectivity index (χ3v) is 3.76. The smallest absolute Gasteiger partial charge is 0.0590 e. The zero-order valence-corrected chi connectivity index (χ0v) is 13.4. The summed E-state index contributed by atoms with van der Waals surface area (Å²) in [7, 11) is 0. The lowest BCUT2D eigenvalue weighted by Gasteiger charge is -2.25. The molecule has 0 amide bonds. The number of alkyl halides is 1. The Morgan fingerprint density at radius 1 is 1.17 bits per heavy atom. The van der Waals surface area contributed by atoms with Crippen LogP contribution in [-0.4, -0.2) is 0 Å². The van der Waals surface area contributed by atoms with Crippen molar-refractivity contribution in [3.05, 3.63) is 34.9 Å². The largest absolute Gasteiger partial charge is 0.118 e. The van der Waals surface area contributed by atoms with E-state index < -0.39 is 0 Å². The van der Waals surface area contributed by atoms with Crippen LogP contribution in [-0.2, 0) is 0 Å². The minimum absolute atomic E-state index is 0.141. The fourth-order valence-corrected chi connectivity index (χ4v) is 3.25. The van der Waals surface area contributed by atoms with Crippen LogP contribution >= 0.6 is 11.6 Å². The first-order chi connectivity index (χ1) is 8.19. The zero-order chi connectivity index (χ0) is 13.9. The Balaban J connectivity index is 2.70. The average molecular weight is 267 g/mol. The van der Waals surface area contributed by atoms with Crippen LogP contribution in [0.25, 0.3) is 0 Å². The van der Waals surface area contributed by atoms with Gasteiger partial charge in [-0.25, -0.2) is 0 Å². The van der Waals surface area contributed by atoms with Gasteiger partial charge >= 0.3 is 0 Å². The summed E-state index contributed by atoms with van der Waals surface area (Å²) in [5.74, 6) is 0.660. The van der Waals surface area contributed by atoms with Gasteiger partial charge in [0.1, 0.15) is 0 Å². The molecule has 1 aromatic carbocycles.